The van der Waals surface area contributed by atoms with Crippen LogP contribution in [0.5, 0.6) is 0 Å². The largest absolute Gasteiger partial charge is 0.324 e. The molecule has 1 unspecified atom stereocenters. The second kappa shape index (κ2) is 5.08. The molecule has 0 amide bonds. The highest BCUT2D eigenvalue weighted by Gasteiger charge is 2.08. The van der Waals surface area contributed by atoms with Gasteiger partial charge in [-0.15, -0.1) is 11.3 Å². The van der Waals surface area contributed by atoms with Crippen molar-refractivity contribution < 1.29 is 0 Å². The van der Waals surface area contributed by atoms with E-state index in [2.05, 4.69) is 39.1 Å². The summed E-state index contributed by atoms with van der Waals surface area (Å²) in [5, 5.41) is 0. The SMILES string of the molecule is Cc1ccc(C(N)Cc2ccc(Br)s2)cn1. The van der Waals surface area contributed by atoms with Gasteiger partial charge in [0.2, 0.25) is 0 Å². The Labute approximate surface area is 108 Å². The van der Waals surface area contributed by atoms with Crippen molar-refractivity contribution in [2.45, 2.75) is 19.4 Å². The summed E-state index contributed by atoms with van der Waals surface area (Å²) in [6.45, 7) is 1.98. The van der Waals surface area contributed by atoms with Crippen LogP contribution in [0.4, 0.5) is 0 Å². The average Bonchev–Trinajstić information content (AvgIpc) is 2.65. The fourth-order valence-electron chi connectivity index (χ4n) is 1.49. The van der Waals surface area contributed by atoms with Crippen molar-refractivity contribution in [1.82, 2.24) is 4.98 Å². The molecule has 1 atom stereocenters. The number of halogens is 1. The number of aromatic nitrogens is 1. The van der Waals surface area contributed by atoms with E-state index in [1.165, 1.54) is 4.88 Å². The normalized spacial score (nSPS) is 12.7. The van der Waals surface area contributed by atoms with Crippen molar-refractivity contribution in [1.29, 1.82) is 0 Å². The van der Waals surface area contributed by atoms with Gasteiger partial charge in [-0.25, -0.2) is 0 Å². The number of aryl methyl sites for hydroxylation is 1. The number of hydrogen-bond acceptors (Lipinski definition) is 3. The molecule has 0 aliphatic rings. The smallest absolute Gasteiger partial charge is 0.0701 e. The molecule has 0 radical (unpaired) electrons. The molecule has 2 heterocycles. The van der Waals surface area contributed by atoms with Crippen LogP contribution < -0.4 is 5.73 Å². The maximum atomic E-state index is 6.14. The summed E-state index contributed by atoms with van der Waals surface area (Å²) >= 11 is 5.18. The molecule has 2 N–H and O–H groups in total. The molecule has 0 aliphatic heterocycles. The fraction of sp³-hybridized carbons (Fsp3) is 0.250. The van der Waals surface area contributed by atoms with Crippen LogP contribution in [0, 0.1) is 6.92 Å². The zero-order valence-corrected chi connectivity index (χ0v) is 11.4. The summed E-state index contributed by atoms with van der Waals surface area (Å²) in [4.78, 5) is 5.55. The first-order valence-corrected chi connectivity index (χ1v) is 6.68. The molecule has 4 heteroatoms. The summed E-state index contributed by atoms with van der Waals surface area (Å²) in [6.07, 6.45) is 2.73. The Morgan fingerprint density at radius 3 is 2.75 bits per heavy atom. The van der Waals surface area contributed by atoms with Crippen LogP contribution in [0.25, 0.3) is 0 Å². The highest BCUT2D eigenvalue weighted by Crippen LogP contribution is 2.25. The van der Waals surface area contributed by atoms with Crippen LogP contribution >= 0.6 is 27.3 Å². The van der Waals surface area contributed by atoms with Crippen molar-refractivity contribution >= 4 is 27.3 Å². The lowest BCUT2D eigenvalue weighted by atomic mass is 10.1. The highest BCUT2D eigenvalue weighted by molar-refractivity contribution is 9.11. The van der Waals surface area contributed by atoms with E-state index < -0.39 is 0 Å². The number of hydrogen-bond donors (Lipinski definition) is 1. The van der Waals surface area contributed by atoms with E-state index in [1.807, 2.05) is 19.2 Å². The quantitative estimate of drug-likeness (QED) is 0.942. The minimum absolute atomic E-state index is 0.0265. The standard InChI is InChI=1S/C12H13BrN2S/c1-8-2-3-9(7-15-8)11(14)6-10-4-5-12(13)16-10/h2-5,7,11H,6,14H2,1H3. The van der Waals surface area contributed by atoms with E-state index in [0.29, 0.717) is 0 Å². The van der Waals surface area contributed by atoms with Crippen molar-refractivity contribution in [3.63, 3.8) is 0 Å². The second-order valence-corrected chi connectivity index (χ2v) is 6.30. The number of nitrogens with two attached hydrogens (primary N) is 1. The third-order valence-corrected chi connectivity index (χ3v) is 4.06. The lowest BCUT2D eigenvalue weighted by Gasteiger charge is -2.10. The third kappa shape index (κ3) is 2.90. The molecule has 2 rings (SSSR count). The number of pyridine rings is 1. The van der Waals surface area contributed by atoms with Gasteiger partial charge in [-0.05, 0) is 46.6 Å². The molecule has 2 nitrogen and oxygen atoms in total. The topological polar surface area (TPSA) is 38.9 Å². The molecule has 0 aliphatic carbocycles. The molecule has 0 saturated heterocycles. The zero-order valence-electron chi connectivity index (χ0n) is 8.98. The highest BCUT2D eigenvalue weighted by atomic mass is 79.9. The molecule has 0 fully saturated rings. The van der Waals surface area contributed by atoms with E-state index in [9.17, 15) is 0 Å². The maximum Gasteiger partial charge on any atom is 0.0701 e. The molecule has 0 saturated carbocycles. The van der Waals surface area contributed by atoms with Crippen LogP contribution in [0.1, 0.15) is 22.2 Å². The lowest BCUT2D eigenvalue weighted by Crippen LogP contribution is -2.12. The monoisotopic (exact) mass is 296 g/mol. The van der Waals surface area contributed by atoms with Gasteiger partial charge in [0, 0.05) is 29.2 Å². The summed E-state index contributed by atoms with van der Waals surface area (Å²) < 4.78 is 1.15. The molecule has 2 aromatic heterocycles. The maximum absolute atomic E-state index is 6.14. The van der Waals surface area contributed by atoms with Gasteiger partial charge < -0.3 is 5.73 Å². The summed E-state index contributed by atoms with van der Waals surface area (Å²) in [7, 11) is 0. The minimum atomic E-state index is 0.0265. The lowest BCUT2D eigenvalue weighted by molar-refractivity contribution is 0.725. The van der Waals surface area contributed by atoms with E-state index in [4.69, 9.17) is 5.73 Å². The molecule has 2 aromatic rings. The van der Waals surface area contributed by atoms with Crippen LogP contribution in [-0.2, 0) is 6.42 Å². The van der Waals surface area contributed by atoms with Gasteiger partial charge in [-0.1, -0.05) is 6.07 Å². The van der Waals surface area contributed by atoms with Crippen molar-refractivity contribution in [2.75, 3.05) is 0 Å². The van der Waals surface area contributed by atoms with Gasteiger partial charge in [0.05, 0.1) is 3.79 Å². The number of thiophene rings is 1. The van der Waals surface area contributed by atoms with Crippen LogP contribution in [-0.4, -0.2) is 4.98 Å². The Balaban J connectivity index is 2.08. The van der Waals surface area contributed by atoms with E-state index in [0.717, 1.165) is 21.5 Å². The molecule has 16 heavy (non-hydrogen) atoms. The van der Waals surface area contributed by atoms with Gasteiger partial charge in [0.25, 0.3) is 0 Å². The molecular weight excluding hydrogens is 284 g/mol. The van der Waals surface area contributed by atoms with Crippen LogP contribution in [0.2, 0.25) is 0 Å². The minimum Gasteiger partial charge on any atom is -0.324 e. The van der Waals surface area contributed by atoms with E-state index in [1.54, 1.807) is 11.3 Å². The predicted molar refractivity (Wildman–Crippen MR) is 71.6 cm³/mol. The Morgan fingerprint density at radius 1 is 1.38 bits per heavy atom. The average molecular weight is 297 g/mol. The molecule has 84 valence electrons. The second-order valence-electron chi connectivity index (χ2n) is 3.75. The Kier molecular flexibility index (Phi) is 3.74. The van der Waals surface area contributed by atoms with Gasteiger partial charge in [0.1, 0.15) is 0 Å². The van der Waals surface area contributed by atoms with Crippen LogP contribution in [0.15, 0.2) is 34.2 Å². The van der Waals surface area contributed by atoms with Gasteiger partial charge in [0.15, 0.2) is 0 Å². The fourth-order valence-corrected chi connectivity index (χ4v) is 3.04. The molecule has 0 aromatic carbocycles. The van der Waals surface area contributed by atoms with E-state index >= 15 is 0 Å². The predicted octanol–water partition coefficient (Wildman–Crippen LogP) is 3.46. The van der Waals surface area contributed by atoms with Crippen molar-refractivity contribution in [3.8, 4) is 0 Å². The molecule has 0 spiro atoms. The third-order valence-electron chi connectivity index (χ3n) is 2.41. The Hall–Kier alpha value is -0.710. The zero-order chi connectivity index (χ0) is 11.5. The van der Waals surface area contributed by atoms with Gasteiger partial charge in [-0.3, -0.25) is 4.98 Å². The Bertz CT molecular complexity index is 464. The van der Waals surface area contributed by atoms with Crippen molar-refractivity contribution in [2.24, 2.45) is 5.73 Å². The first-order valence-electron chi connectivity index (χ1n) is 5.07. The molecular formula is C12H13BrN2S. The Morgan fingerprint density at radius 2 is 2.19 bits per heavy atom. The summed E-state index contributed by atoms with van der Waals surface area (Å²) in [5.74, 6) is 0. The summed E-state index contributed by atoms with van der Waals surface area (Å²) in [6, 6.07) is 8.24. The first kappa shape index (κ1) is 11.8. The van der Waals surface area contributed by atoms with Gasteiger partial charge in [-0.2, -0.15) is 0 Å². The van der Waals surface area contributed by atoms with E-state index in [-0.39, 0.29) is 6.04 Å². The first-order chi connectivity index (χ1) is 7.65. The molecule has 0 bridgehead atoms. The van der Waals surface area contributed by atoms with Crippen LogP contribution in [0.3, 0.4) is 0 Å². The summed E-state index contributed by atoms with van der Waals surface area (Å²) in [5.41, 5.74) is 8.25. The number of rotatable bonds is 3. The van der Waals surface area contributed by atoms with Gasteiger partial charge >= 0.3 is 0 Å². The number of nitrogens with zero attached hydrogens (tertiary/aromatic N) is 1. The van der Waals surface area contributed by atoms with Crippen molar-refractivity contribution in [3.05, 3.63) is 50.4 Å².